The molecular weight excluding hydrogens is 378 g/mol. The number of nitriles is 1. The molecule has 1 aromatic heterocycles. The Morgan fingerprint density at radius 1 is 1.10 bits per heavy atom. The molecule has 1 saturated heterocycles. The van der Waals surface area contributed by atoms with E-state index in [1.165, 1.54) is 0 Å². The van der Waals surface area contributed by atoms with Crippen molar-refractivity contribution in [1.29, 1.82) is 5.26 Å². The van der Waals surface area contributed by atoms with Gasteiger partial charge in [0.15, 0.2) is 5.78 Å². The summed E-state index contributed by atoms with van der Waals surface area (Å²) in [5, 5.41) is 11.9. The van der Waals surface area contributed by atoms with Crippen LogP contribution in [0.2, 0.25) is 0 Å². The molecule has 2 amide bonds. The van der Waals surface area contributed by atoms with Gasteiger partial charge in [-0.15, -0.1) is 0 Å². The van der Waals surface area contributed by atoms with Crippen molar-refractivity contribution in [3.8, 4) is 6.07 Å². The van der Waals surface area contributed by atoms with Crippen molar-refractivity contribution in [3.05, 3.63) is 59.9 Å². The van der Waals surface area contributed by atoms with Crippen LogP contribution in [0, 0.1) is 16.7 Å². The molecule has 1 aromatic carbocycles. The number of nitrogens with zero attached hydrogens (tertiary/aromatic N) is 4. The summed E-state index contributed by atoms with van der Waals surface area (Å²) >= 11 is 0. The highest BCUT2D eigenvalue weighted by atomic mass is 16.2. The average Bonchev–Trinajstić information content (AvgIpc) is 2.77. The zero-order chi connectivity index (χ0) is 21.7. The van der Waals surface area contributed by atoms with E-state index in [2.05, 4.69) is 15.2 Å². The van der Waals surface area contributed by atoms with Crippen LogP contribution in [0.4, 0.5) is 10.5 Å². The first-order chi connectivity index (χ1) is 14.3. The molecule has 0 aliphatic carbocycles. The van der Waals surface area contributed by atoms with Gasteiger partial charge in [-0.05, 0) is 29.7 Å². The molecule has 2 aromatic rings. The predicted molar refractivity (Wildman–Crippen MR) is 115 cm³/mol. The lowest BCUT2D eigenvalue weighted by Crippen LogP contribution is -2.57. The van der Waals surface area contributed by atoms with Crippen LogP contribution in [-0.2, 0) is 0 Å². The fraction of sp³-hybridized carbons (Fsp3) is 0.391. The van der Waals surface area contributed by atoms with Crippen LogP contribution >= 0.6 is 0 Å². The molecule has 1 aliphatic rings. The van der Waals surface area contributed by atoms with E-state index in [9.17, 15) is 9.59 Å². The van der Waals surface area contributed by atoms with E-state index >= 15 is 0 Å². The molecule has 7 heteroatoms. The van der Waals surface area contributed by atoms with Crippen molar-refractivity contribution < 1.29 is 9.59 Å². The van der Waals surface area contributed by atoms with Crippen molar-refractivity contribution in [2.75, 3.05) is 31.1 Å². The summed E-state index contributed by atoms with van der Waals surface area (Å²) in [5.41, 5.74) is 1.56. The Labute approximate surface area is 177 Å². The van der Waals surface area contributed by atoms with E-state index in [1.807, 2.05) is 45.2 Å². The Morgan fingerprint density at radius 2 is 1.77 bits per heavy atom. The van der Waals surface area contributed by atoms with Crippen LogP contribution in [-0.4, -0.2) is 53.9 Å². The number of ketones is 1. The summed E-state index contributed by atoms with van der Waals surface area (Å²) in [6.45, 7) is 8.36. The van der Waals surface area contributed by atoms with Crippen LogP contribution in [0.1, 0.15) is 36.7 Å². The monoisotopic (exact) mass is 405 g/mol. The molecule has 7 nitrogen and oxygen atoms in total. The smallest absolute Gasteiger partial charge is 0.318 e. The highest BCUT2D eigenvalue weighted by Gasteiger charge is 2.35. The third-order valence-electron chi connectivity index (χ3n) is 5.27. The van der Waals surface area contributed by atoms with Gasteiger partial charge >= 0.3 is 6.03 Å². The van der Waals surface area contributed by atoms with Crippen LogP contribution in [0.3, 0.4) is 0 Å². The lowest BCUT2D eigenvalue weighted by Gasteiger charge is -2.38. The molecule has 0 bridgehead atoms. The number of nitrogens with one attached hydrogen (secondary N) is 1. The summed E-state index contributed by atoms with van der Waals surface area (Å²) in [4.78, 5) is 34.1. The van der Waals surface area contributed by atoms with E-state index < -0.39 is 11.5 Å². The third kappa shape index (κ3) is 4.95. The Hall–Kier alpha value is -3.40. The summed E-state index contributed by atoms with van der Waals surface area (Å²) in [6, 6.07) is 11.6. The zero-order valence-electron chi connectivity index (χ0n) is 17.6. The molecule has 2 heterocycles. The first kappa shape index (κ1) is 21.3. The van der Waals surface area contributed by atoms with E-state index in [-0.39, 0.29) is 11.8 Å². The average molecular weight is 406 g/mol. The zero-order valence-corrected chi connectivity index (χ0v) is 17.6. The molecule has 30 heavy (non-hydrogen) atoms. The number of aromatic nitrogens is 1. The molecule has 0 spiro atoms. The maximum Gasteiger partial charge on any atom is 0.318 e. The largest absolute Gasteiger partial charge is 0.367 e. The molecule has 156 valence electrons. The van der Waals surface area contributed by atoms with Crippen LogP contribution in [0.5, 0.6) is 0 Å². The summed E-state index contributed by atoms with van der Waals surface area (Å²) < 4.78 is 0. The molecule has 3 rings (SSSR count). The number of rotatable bonds is 4. The molecule has 1 N–H and O–H groups in total. The normalized spacial score (nSPS) is 15.3. The standard InChI is InChI=1S/C23H27N5O2/c1-23(2,3)21(20(29)18-8-6-17(15-24)7-9-18)26-22(30)28-13-11-27(12-14-28)19-5-4-10-25-16-19/h4-10,16,21H,11-14H2,1-3H3,(H,26,30). The highest BCUT2D eigenvalue weighted by molar-refractivity contribution is 6.02. The highest BCUT2D eigenvalue weighted by Crippen LogP contribution is 2.24. The number of urea groups is 1. The van der Waals surface area contributed by atoms with E-state index in [0.29, 0.717) is 37.3 Å². The van der Waals surface area contributed by atoms with Gasteiger partial charge in [-0.25, -0.2) is 4.79 Å². The summed E-state index contributed by atoms with van der Waals surface area (Å²) in [6.07, 6.45) is 3.56. The number of Topliss-reactive ketones (excluding diaryl/α,β-unsaturated/α-hetero) is 1. The Morgan fingerprint density at radius 3 is 2.30 bits per heavy atom. The molecular formula is C23H27N5O2. The second-order valence-electron chi connectivity index (χ2n) is 8.49. The van der Waals surface area contributed by atoms with Gasteiger partial charge in [0.2, 0.25) is 0 Å². The van der Waals surface area contributed by atoms with Crippen molar-refractivity contribution in [3.63, 3.8) is 0 Å². The number of carbonyl (C=O) groups excluding carboxylic acids is 2. The van der Waals surface area contributed by atoms with Gasteiger partial charge < -0.3 is 15.1 Å². The van der Waals surface area contributed by atoms with Crippen molar-refractivity contribution in [2.45, 2.75) is 26.8 Å². The Balaban J connectivity index is 1.66. The lowest BCUT2D eigenvalue weighted by atomic mass is 9.82. The Bertz CT molecular complexity index is 921. The van der Waals surface area contributed by atoms with Gasteiger partial charge in [0, 0.05) is 37.9 Å². The van der Waals surface area contributed by atoms with Crippen LogP contribution in [0.15, 0.2) is 48.8 Å². The second-order valence-corrected chi connectivity index (χ2v) is 8.49. The number of carbonyl (C=O) groups is 2. The second kappa shape index (κ2) is 8.95. The molecule has 0 saturated carbocycles. The number of pyridine rings is 1. The summed E-state index contributed by atoms with van der Waals surface area (Å²) in [5.74, 6) is -0.158. The van der Waals surface area contributed by atoms with Crippen molar-refractivity contribution in [1.82, 2.24) is 15.2 Å². The molecule has 1 fully saturated rings. The number of hydrogen-bond acceptors (Lipinski definition) is 5. The minimum atomic E-state index is -0.672. The van der Waals surface area contributed by atoms with E-state index in [4.69, 9.17) is 5.26 Å². The minimum absolute atomic E-state index is 0.158. The van der Waals surface area contributed by atoms with Gasteiger partial charge in [-0.1, -0.05) is 32.9 Å². The number of hydrogen-bond donors (Lipinski definition) is 1. The molecule has 0 radical (unpaired) electrons. The maximum absolute atomic E-state index is 13.1. The number of anilines is 1. The van der Waals surface area contributed by atoms with Crippen LogP contribution in [0.25, 0.3) is 0 Å². The first-order valence-electron chi connectivity index (χ1n) is 10.0. The van der Waals surface area contributed by atoms with Gasteiger partial charge in [-0.2, -0.15) is 5.26 Å². The molecule has 1 atom stereocenters. The quantitative estimate of drug-likeness (QED) is 0.790. The summed E-state index contributed by atoms with van der Waals surface area (Å²) in [7, 11) is 0. The number of benzene rings is 1. The number of amides is 2. The van der Waals surface area contributed by atoms with E-state index in [1.54, 1.807) is 35.4 Å². The van der Waals surface area contributed by atoms with Gasteiger partial charge in [0.1, 0.15) is 0 Å². The Kier molecular flexibility index (Phi) is 6.36. The van der Waals surface area contributed by atoms with Crippen LogP contribution < -0.4 is 10.2 Å². The number of piperazine rings is 1. The molecule has 1 unspecified atom stereocenters. The topological polar surface area (TPSA) is 89.3 Å². The third-order valence-corrected chi connectivity index (χ3v) is 5.27. The fourth-order valence-electron chi connectivity index (χ4n) is 3.47. The van der Waals surface area contributed by atoms with Gasteiger partial charge in [-0.3, -0.25) is 9.78 Å². The van der Waals surface area contributed by atoms with Gasteiger partial charge in [0.25, 0.3) is 0 Å². The fourth-order valence-corrected chi connectivity index (χ4v) is 3.47. The lowest BCUT2D eigenvalue weighted by molar-refractivity contribution is 0.0862. The SMILES string of the molecule is CC(C)(C)C(NC(=O)N1CCN(c2cccnc2)CC1)C(=O)c1ccc(C#N)cc1. The molecule has 1 aliphatic heterocycles. The first-order valence-corrected chi connectivity index (χ1v) is 10.0. The van der Waals surface area contributed by atoms with Crippen molar-refractivity contribution in [2.24, 2.45) is 5.41 Å². The van der Waals surface area contributed by atoms with E-state index in [0.717, 1.165) is 5.69 Å². The maximum atomic E-state index is 13.1. The van der Waals surface area contributed by atoms with Crippen molar-refractivity contribution >= 4 is 17.5 Å². The minimum Gasteiger partial charge on any atom is -0.367 e. The van der Waals surface area contributed by atoms with Gasteiger partial charge in [0.05, 0.1) is 29.6 Å². The predicted octanol–water partition coefficient (Wildman–Crippen LogP) is 3.08.